The molecular weight excluding hydrogens is 384 g/mol. The van der Waals surface area contributed by atoms with Gasteiger partial charge in [0.15, 0.2) is 0 Å². The second kappa shape index (κ2) is 24.3. The molecule has 6 heteroatoms. The molecule has 0 aliphatic carbocycles. The third-order valence-electron chi connectivity index (χ3n) is 5.21. The smallest absolute Gasteiger partial charge is 0.305 e. The topological polar surface area (TPSA) is 107 Å². The van der Waals surface area contributed by atoms with E-state index in [1.807, 2.05) is 0 Å². The number of allylic oxidation sites excluding steroid dienone is 2. The molecule has 0 bridgehead atoms. The van der Waals surface area contributed by atoms with Crippen LogP contribution in [-0.2, 0) is 9.53 Å². The van der Waals surface area contributed by atoms with Crippen molar-refractivity contribution < 1.29 is 30.0 Å². The average molecular weight is 433 g/mol. The van der Waals surface area contributed by atoms with Gasteiger partial charge < -0.3 is 25.2 Å². The van der Waals surface area contributed by atoms with Crippen molar-refractivity contribution in [3.05, 3.63) is 12.2 Å². The van der Waals surface area contributed by atoms with E-state index in [-0.39, 0.29) is 5.97 Å². The van der Waals surface area contributed by atoms with Gasteiger partial charge in [-0.05, 0) is 32.1 Å². The van der Waals surface area contributed by atoms with Crippen LogP contribution in [0.3, 0.4) is 0 Å². The summed E-state index contributed by atoms with van der Waals surface area (Å²) < 4.78 is 4.62. The van der Waals surface area contributed by atoms with Crippen molar-refractivity contribution in [2.24, 2.45) is 5.41 Å². The maximum atomic E-state index is 10.9. The molecule has 0 saturated carbocycles. The molecule has 0 aromatic heterocycles. The molecule has 6 nitrogen and oxygen atoms in total. The predicted octanol–water partition coefficient (Wildman–Crippen LogP) is 4.14. The Morgan fingerprint density at radius 3 is 1.47 bits per heavy atom. The number of unbranched alkanes of at least 4 members (excludes halogenated alkanes) is 11. The second-order valence-corrected chi connectivity index (χ2v) is 8.04. The number of methoxy groups -OCH3 is 1. The van der Waals surface area contributed by atoms with Crippen molar-refractivity contribution in [2.45, 2.75) is 96.8 Å². The monoisotopic (exact) mass is 432 g/mol. The Balaban J connectivity index is 0. The van der Waals surface area contributed by atoms with Crippen LogP contribution in [0.2, 0.25) is 0 Å². The van der Waals surface area contributed by atoms with Crippen LogP contribution in [0.1, 0.15) is 96.8 Å². The average Bonchev–Trinajstić information content (AvgIpc) is 2.78. The summed E-state index contributed by atoms with van der Waals surface area (Å²) in [7, 11) is 1.46. The number of hydrogen-bond acceptors (Lipinski definition) is 6. The van der Waals surface area contributed by atoms with Crippen LogP contribution >= 0.6 is 0 Å². The van der Waals surface area contributed by atoms with Crippen molar-refractivity contribution in [3.63, 3.8) is 0 Å². The number of ether oxygens (including phenoxy) is 1. The number of hydrogen-bond donors (Lipinski definition) is 4. The molecule has 0 rings (SSSR count). The summed E-state index contributed by atoms with van der Waals surface area (Å²) in [5.74, 6) is -0.0763. The van der Waals surface area contributed by atoms with Gasteiger partial charge in [0.1, 0.15) is 0 Å². The third-order valence-corrected chi connectivity index (χ3v) is 5.21. The lowest BCUT2D eigenvalue weighted by Gasteiger charge is -2.23. The van der Waals surface area contributed by atoms with Crippen LogP contribution in [0.25, 0.3) is 0 Å². The molecule has 4 N–H and O–H groups in total. The fourth-order valence-corrected chi connectivity index (χ4v) is 2.74. The zero-order valence-corrected chi connectivity index (χ0v) is 19.5. The van der Waals surface area contributed by atoms with Crippen LogP contribution in [0, 0.1) is 5.41 Å². The highest BCUT2D eigenvalue weighted by atomic mass is 16.5. The number of rotatable bonds is 19. The minimum Gasteiger partial charge on any atom is -0.469 e. The second-order valence-electron chi connectivity index (χ2n) is 8.04. The van der Waals surface area contributed by atoms with E-state index in [9.17, 15) is 4.79 Å². The highest BCUT2D eigenvalue weighted by Gasteiger charge is 2.26. The summed E-state index contributed by atoms with van der Waals surface area (Å²) in [6.45, 7) is 0.641. The van der Waals surface area contributed by atoms with Crippen LogP contribution < -0.4 is 0 Å². The Morgan fingerprint density at radius 2 is 1.10 bits per heavy atom. The van der Waals surface area contributed by atoms with Gasteiger partial charge in [-0.25, -0.2) is 0 Å². The van der Waals surface area contributed by atoms with E-state index < -0.39 is 31.8 Å². The summed E-state index contributed by atoms with van der Waals surface area (Å²) >= 11 is 0. The van der Waals surface area contributed by atoms with Gasteiger partial charge in [0.05, 0.1) is 39.0 Å². The largest absolute Gasteiger partial charge is 0.469 e. The summed E-state index contributed by atoms with van der Waals surface area (Å²) in [5.41, 5.74) is -1.11. The molecule has 0 amide bonds. The van der Waals surface area contributed by atoms with E-state index in [2.05, 4.69) is 23.8 Å². The first kappa shape index (κ1) is 31.2. The molecule has 0 aliphatic heterocycles. The molecule has 0 heterocycles. The molecule has 180 valence electrons. The Kier molecular flexibility index (Phi) is 25.3. The SMILES string of the molecule is CCCCCCCC/C=C\CCCCCCCC(=O)OC.OCC(CO)(CO)CO. The Labute approximate surface area is 184 Å². The lowest BCUT2D eigenvalue weighted by Crippen LogP contribution is -2.37. The van der Waals surface area contributed by atoms with E-state index in [1.165, 1.54) is 77.7 Å². The van der Waals surface area contributed by atoms with Gasteiger partial charge >= 0.3 is 5.97 Å². The Hall–Kier alpha value is -0.950. The normalized spacial score (nSPS) is 11.4. The molecule has 0 radical (unpaired) electrons. The summed E-state index contributed by atoms with van der Waals surface area (Å²) in [4.78, 5) is 10.9. The number of aliphatic hydroxyl groups excluding tert-OH is 4. The van der Waals surface area contributed by atoms with Crippen LogP contribution in [0.15, 0.2) is 12.2 Å². The molecular formula is C24H48O6. The zero-order valence-electron chi connectivity index (χ0n) is 19.5. The van der Waals surface area contributed by atoms with Crippen molar-refractivity contribution in [1.29, 1.82) is 0 Å². The van der Waals surface area contributed by atoms with E-state index in [0.717, 1.165) is 12.8 Å². The molecule has 0 unspecified atom stereocenters. The van der Waals surface area contributed by atoms with Crippen LogP contribution in [0.4, 0.5) is 0 Å². The Bertz CT molecular complexity index is 362. The van der Waals surface area contributed by atoms with E-state index >= 15 is 0 Å². The lowest BCUT2D eigenvalue weighted by atomic mass is 9.93. The first-order chi connectivity index (χ1) is 14.6. The van der Waals surface area contributed by atoms with Crippen molar-refractivity contribution >= 4 is 5.97 Å². The molecule has 0 fully saturated rings. The minimum absolute atomic E-state index is 0.0763. The van der Waals surface area contributed by atoms with E-state index in [4.69, 9.17) is 20.4 Å². The molecule has 0 aliphatic rings. The third kappa shape index (κ3) is 20.3. The maximum absolute atomic E-state index is 10.9. The first-order valence-electron chi connectivity index (χ1n) is 11.7. The quantitative estimate of drug-likeness (QED) is 0.139. The fraction of sp³-hybridized carbons (Fsp3) is 0.875. The summed E-state index contributed by atoms with van der Waals surface area (Å²) in [6, 6.07) is 0. The number of esters is 1. The summed E-state index contributed by atoms with van der Waals surface area (Å²) in [6.07, 6.45) is 22.0. The highest BCUT2D eigenvalue weighted by molar-refractivity contribution is 5.68. The first-order valence-corrected chi connectivity index (χ1v) is 11.7. The number of aliphatic hydroxyl groups is 4. The molecule has 0 aromatic rings. The van der Waals surface area contributed by atoms with Crippen molar-refractivity contribution in [3.8, 4) is 0 Å². The van der Waals surface area contributed by atoms with E-state index in [0.29, 0.717) is 6.42 Å². The van der Waals surface area contributed by atoms with Gasteiger partial charge in [-0.15, -0.1) is 0 Å². The zero-order chi connectivity index (χ0) is 22.9. The lowest BCUT2D eigenvalue weighted by molar-refractivity contribution is -0.140. The number of carbonyl (C=O) groups excluding carboxylic acids is 1. The fourth-order valence-electron chi connectivity index (χ4n) is 2.74. The highest BCUT2D eigenvalue weighted by Crippen LogP contribution is 2.12. The molecule has 30 heavy (non-hydrogen) atoms. The van der Waals surface area contributed by atoms with Gasteiger partial charge in [-0.1, -0.05) is 70.4 Å². The Morgan fingerprint density at radius 1 is 0.700 bits per heavy atom. The predicted molar refractivity (Wildman–Crippen MR) is 122 cm³/mol. The number of carbonyl (C=O) groups is 1. The molecule has 0 saturated heterocycles. The summed E-state index contributed by atoms with van der Waals surface area (Å²) in [5, 5.41) is 34.0. The van der Waals surface area contributed by atoms with Gasteiger partial charge in [-0.2, -0.15) is 0 Å². The van der Waals surface area contributed by atoms with Crippen LogP contribution in [0.5, 0.6) is 0 Å². The molecule has 0 atom stereocenters. The van der Waals surface area contributed by atoms with Gasteiger partial charge in [-0.3, -0.25) is 4.79 Å². The van der Waals surface area contributed by atoms with Crippen molar-refractivity contribution in [2.75, 3.05) is 33.5 Å². The molecule has 0 spiro atoms. The van der Waals surface area contributed by atoms with E-state index in [1.54, 1.807) is 0 Å². The maximum Gasteiger partial charge on any atom is 0.305 e. The molecule has 0 aromatic carbocycles. The van der Waals surface area contributed by atoms with Gasteiger partial charge in [0, 0.05) is 6.42 Å². The van der Waals surface area contributed by atoms with Gasteiger partial charge in [0.2, 0.25) is 0 Å². The van der Waals surface area contributed by atoms with Crippen molar-refractivity contribution in [1.82, 2.24) is 0 Å². The van der Waals surface area contributed by atoms with Gasteiger partial charge in [0.25, 0.3) is 0 Å². The van der Waals surface area contributed by atoms with Crippen LogP contribution in [-0.4, -0.2) is 59.9 Å². The standard InChI is InChI=1S/C19H36O2.C5H12O4/c1-3-4-5-6-7-8-9-10-11-12-13-14-15-16-17-18-19(20)21-2;6-1-5(2-7,3-8)4-9/h10-11H,3-9,12-18H2,1-2H3;6-9H,1-4H2/b11-10-;. The minimum atomic E-state index is -1.11.